The van der Waals surface area contributed by atoms with Gasteiger partial charge in [0.2, 0.25) is 0 Å². The number of nitrogens with one attached hydrogen (secondary N) is 1. The molecule has 0 spiro atoms. The first-order valence-corrected chi connectivity index (χ1v) is 7.02. The van der Waals surface area contributed by atoms with Crippen molar-refractivity contribution >= 4 is 0 Å². The van der Waals surface area contributed by atoms with Crippen LogP contribution in [-0.4, -0.2) is 30.7 Å². The third kappa shape index (κ3) is 6.91. The summed E-state index contributed by atoms with van der Waals surface area (Å²) in [5.74, 6) is 0. The standard InChI is InChI=1S/C15H23F3N2/c1-3-8-20(12-15(16,17)18)11-14-7-5-6-13(9-14)10-19-4-2/h5-7,9,19H,3-4,8,10-12H2,1-2H3. The molecule has 0 saturated heterocycles. The Labute approximate surface area is 119 Å². The zero-order valence-electron chi connectivity index (χ0n) is 12.1. The van der Waals surface area contributed by atoms with Gasteiger partial charge in [-0.2, -0.15) is 13.2 Å². The van der Waals surface area contributed by atoms with Gasteiger partial charge in [0.1, 0.15) is 0 Å². The molecule has 0 fully saturated rings. The molecular formula is C15H23F3N2. The molecule has 0 bridgehead atoms. The number of benzene rings is 1. The van der Waals surface area contributed by atoms with Crippen LogP contribution in [-0.2, 0) is 13.1 Å². The summed E-state index contributed by atoms with van der Waals surface area (Å²) < 4.78 is 37.6. The Balaban J connectivity index is 2.67. The number of halogens is 3. The van der Waals surface area contributed by atoms with Crippen LogP contribution in [0, 0.1) is 0 Å². The van der Waals surface area contributed by atoms with Crippen LogP contribution in [0.4, 0.5) is 13.2 Å². The molecule has 0 aliphatic carbocycles. The molecule has 1 rings (SSSR count). The van der Waals surface area contributed by atoms with Gasteiger partial charge in [0.15, 0.2) is 0 Å². The zero-order chi connectivity index (χ0) is 15.0. The van der Waals surface area contributed by atoms with Crippen LogP contribution in [0.2, 0.25) is 0 Å². The highest BCUT2D eigenvalue weighted by Crippen LogP contribution is 2.18. The second kappa shape index (κ2) is 8.27. The molecule has 20 heavy (non-hydrogen) atoms. The van der Waals surface area contributed by atoms with Crippen molar-refractivity contribution in [1.29, 1.82) is 0 Å². The van der Waals surface area contributed by atoms with Crippen molar-refractivity contribution in [3.05, 3.63) is 35.4 Å². The minimum atomic E-state index is -4.14. The fourth-order valence-electron chi connectivity index (χ4n) is 2.15. The lowest BCUT2D eigenvalue weighted by atomic mass is 10.1. The average Bonchev–Trinajstić information content (AvgIpc) is 2.35. The SMILES string of the molecule is CCCN(Cc1cccc(CNCC)c1)CC(F)(F)F. The molecule has 0 aromatic heterocycles. The molecule has 1 aromatic carbocycles. The van der Waals surface area contributed by atoms with Gasteiger partial charge in [0.05, 0.1) is 6.54 Å². The molecule has 0 atom stereocenters. The van der Waals surface area contributed by atoms with Gasteiger partial charge in [-0.15, -0.1) is 0 Å². The Morgan fingerprint density at radius 1 is 1.15 bits per heavy atom. The van der Waals surface area contributed by atoms with Crippen molar-refractivity contribution < 1.29 is 13.2 Å². The second-order valence-corrected chi connectivity index (χ2v) is 4.93. The van der Waals surface area contributed by atoms with E-state index in [1.54, 1.807) is 0 Å². The van der Waals surface area contributed by atoms with Crippen molar-refractivity contribution in [2.75, 3.05) is 19.6 Å². The smallest absolute Gasteiger partial charge is 0.313 e. The van der Waals surface area contributed by atoms with E-state index in [1.165, 1.54) is 4.90 Å². The molecule has 0 unspecified atom stereocenters. The van der Waals surface area contributed by atoms with Crippen molar-refractivity contribution in [3.63, 3.8) is 0 Å². The summed E-state index contributed by atoms with van der Waals surface area (Å²) in [5, 5.41) is 3.21. The van der Waals surface area contributed by atoms with Crippen LogP contribution in [0.3, 0.4) is 0 Å². The minimum absolute atomic E-state index is 0.341. The van der Waals surface area contributed by atoms with Gasteiger partial charge in [-0.1, -0.05) is 38.1 Å². The molecular weight excluding hydrogens is 265 g/mol. The third-order valence-corrected chi connectivity index (χ3v) is 2.92. The van der Waals surface area contributed by atoms with E-state index < -0.39 is 12.7 Å². The van der Waals surface area contributed by atoms with Crippen LogP contribution in [0.15, 0.2) is 24.3 Å². The lowest BCUT2D eigenvalue weighted by Crippen LogP contribution is -2.34. The van der Waals surface area contributed by atoms with Crippen molar-refractivity contribution in [3.8, 4) is 0 Å². The van der Waals surface area contributed by atoms with Gasteiger partial charge in [0, 0.05) is 13.1 Å². The van der Waals surface area contributed by atoms with E-state index in [4.69, 9.17) is 0 Å². The third-order valence-electron chi connectivity index (χ3n) is 2.92. The summed E-state index contributed by atoms with van der Waals surface area (Å²) in [6, 6.07) is 7.75. The summed E-state index contributed by atoms with van der Waals surface area (Å²) in [5.41, 5.74) is 2.03. The van der Waals surface area contributed by atoms with Crippen LogP contribution in [0.25, 0.3) is 0 Å². The monoisotopic (exact) mass is 288 g/mol. The van der Waals surface area contributed by atoms with Gasteiger partial charge in [-0.25, -0.2) is 0 Å². The average molecular weight is 288 g/mol. The van der Waals surface area contributed by atoms with E-state index in [9.17, 15) is 13.2 Å². The summed E-state index contributed by atoms with van der Waals surface area (Å²) in [6.07, 6.45) is -3.43. The van der Waals surface area contributed by atoms with Gasteiger partial charge >= 0.3 is 6.18 Å². The van der Waals surface area contributed by atoms with E-state index in [0.717, 1.165) is 24.2 Å². The lowest BCUT2D eigenvalue weighted by molar-refractivity contribution is -0.147. The molecule has 0 radical (unpaired) electrons. The van der Waals surface area contributed by atoms with Crippen LogP contribution in [0.1, 0.15) is 31.4 Å². The van der Waals surface area contributed by atoms with Crippen molar-refractivity contribution in [2.45, 2.75) is 39.5 Å². The molecule has 0 aliphatic heterocycles. The molecule has 0 amide bonds. The molecule has 0 heterocycles. The molecule has 0 saturated carbocycles. The molecule has 1 N–H and O–H groups in total. The normalized spacial score (nSPS) is 12.1. The van der Waals surface area contributed by atoms with Gasteiger partial charge < -0.3 is 5.32 Å². The number of hydrogen-bond acceptors (Lipinski definition) is 2. The van der Waals surface area contributed by atoms with Crippen LogP contribution < -0.4 is 5.32 Å². The second-order valence-electron chi connectivity index (χ2n) is 4.93. The summed E-state index contributed by atoms with van der Waals surface area (Å²) in [7, 11) is 0. The van der Waals surface area contributed by atoms with Crippen LogP contribution >= 0.6 is 0 Å². The van der Waals surface area contributed by atoms with Gasteiger partial charge in [-0.3, -0.25) is 4.90 Å². The number of nitrogens with zero attached hydrogens (tertiary/aromatic N) is 1. The fraction of sp³-hybridized carbons (Fsp3) is 0.600. The van der Waals surface area contributed by atoms with Gasteiger partial charge in [-0.05, 0) is 30.6 Å². The first-order valence-electron chi connectivity index (χ1n) is 7.02. The first-order chi connectivity index (χ1) is 9.44. The Morgan fingerprint density at radius 3 is 2.45 bits per heavy atom. The van der Waals surface area contributed by atoms with Crippen molar-refractivity contribution in [1.82, 2.24) is 10.2 Å². The number of hydrogen-bond donors (Lipinski definition) is 1. The molecule has 5 heteroatoms. The molecule has 114 valence electrons. The maximum atomic E-state index is 12.5. The Morgan fingerprint density at radius 2 is 1.85 bits per heavy atom. The summed E-state index contributed by atoms with van der Waals surface area (Å²) >= 11 is 0. The van der Waals surface area contributed by atoms with E-state index in [2.05, 4.69) is 5.32 Å². The molecule has 1 aromatic rings. The topological polar surface area (TPSA) is 15.3 Å². The zero-order valence-corrected chi connectivity index (χ0v) is 12.1. The first kappa shape index (κ1) is 17.0. The predicted molar refractivity (Wildman–Crippen MR) is 75.4 cm³/mol. The number of rotatable bonds is 8. The minimum Gasteiger partial charge on any atom is -0.313 e. The quantitative estimate of drug-likeness (QED) is 0.786. The highest BCUT2D eigenvalue weighted by Gasteiger charge is 2.30. The predicted octanol–water partition coefficient (Wildman–Crippen LogP) is 3.57. The highest BCUT2D eigenvalue weighted by molar-refractivity contribution is 5.23. The lowest BCUT2D eigenvalue weighted by Gasteiger charge is -2.23. The largest absolute Gasteiger partial charge is 0.401 e. The van der Waals surface area contributed by atoms with E-state index >= 15 is 0 Å². The highest BCUT2D eigenvalue weighted by atomic mass is 19.4. The summed E-state index contributed by atoms with van der Waals surface area (Å²) in [6.45, 7) is 5.49. The maximum Gasteiger partial charge on any atom is 0.401 e. The van der Waals surface area contributed by atoms with Crippen LogP contribution in [0.5, 0.6) is 0 Å². The Kier molecular flexibility index (Phi) is 7.02. The van der Waals surface area contributed by atoms with E-state index in [-0.39, 0.29) is 0 Å². The summed E-state index contributed by atoms with van der Waals surface area (Å²) in [4.78, 5) is 1.45. The maximum absolute atomic E-state index is 12.5. The fourth-order valence-corrected chi connectivity index (χ4v) is 2.15. The number of alkyl halides is 3. The van der Waals surface area contributed by atoms with Crippen molar-refractivity contribution in [2.24, 2.45) is 0 Å². The Hall–Kier alpha value is -1.07. The molecule has 2 nitrogen and oxygen atoms in total. The Bertz CT molecular complexity index is 391. The molecule has 0 aliphatic rings. The van der Waals surface area contributed by atoms with E-state index in [0.29, 0.717) is 19.5 Å². The van der Waals surface area contributed by atoms with E-state index in [1.807, 2.05) is 38.1 Å². The van der Waals surface area contributed by atoms with Gasteiger partial charge in [0.25, 0.3) is 0 Å².